The van der Waals surface area contributed by atoms with Crippen LogP contribution >= 0.6 is 0 Å². The van der Waals surface area contributed by atoms with Gasteiger partial charge in [0.1, 0.15) is 0 Å². The smallest absolute Gasteiger partial charge is 0.305 e. The lowest BCUT2D eigenvalue weighted by atomic mass is 10.0. The minimum absolute atomic E-state index is 0.00146. The van der Waals surface area contributed by atoms with E-state index < -0.39 is 10.9 Å². The maximum Gasteiger partial charge on any atom is 0.305 e. The van der Waals surface area contributed by atoms with E-state index in [0.29, 0.717) is 0 Å². The van der Waals surface area contributed by atoms with Gasteiger partial charge in [-0.25, -0.2) is 0 Å². The number of non-ortho nitro benzene ring substituents is 1. The Hall–Kier alpha value is -1.95. The Morgan fingerprint density at radius 3 is 2.29 bits per heavy atom. The maximum atomic E-state index is 10.7. The van der Waals surface area contributed by atoms with Crippen LogP contribution < -0.4 is 0 Å². The molecular formula is C11H14N2O4. The van der Waals surface area contributed by atoms with Gasteiger partial charge in [-0.2, -0.15) is 0 Å². The minimum atomic E-state index is -0.901. The van der Waals surface area contributed by atoms with Crippen LogP contribution in [-0.2, 0) is 4.79 Å². The third-order valence-electron chi connectivity index (χ3n) is 2.48. The largest absolute Gasteiger partial charge is 0.481 e. The van der Waals surface area contributed by atoms with Crippen LogP contribution in [0.15, 0.2) is 24.3 Å². The van der Waals surface area contributed by atoms with Gasteiger partial charge in [0.2, 0.25) is 0 Å². The number of aliphatic carboxylic acids is 1. The molecule has 0 spiro atoms. The number of carboxylic acids is 1. The van der Waals surface area contributed by atoms with E-state index in [2.05, 4.69) is 0 Å². The van der Waals surface area contributed by atoms with E-state index in [1.807, 2.05) is 0 Å². The molecule has 0 aromatic heterocycles. The van der Waals surface area contributed by atoms with Gasteiger partial charge in [-0.05, 0) is 19.7 Å². The predicted octanol–water partition coefficient (Wildman–Crippen LogP) is 1.67. The van der Waals surface area contributed by atoms with Crippen molar-refractivity contribution in [2.75, 3.05) is 14.1 Å². The number of nitrogens with zero attached hydrogens (tertiary/aromatic N) is 2. The first-order valence-corrected chi connectivity index (χ1v) is 5.04. The fraction of sp³-hybridized carbons (Fsp3) is 0.364. The molecule has 1 unspecified atom stereocenters. The van der Waals surface area contributed by atoms with Crippen LogP contribution in [0.5, 0.6) is 0 Å². The molecule has 0 radical (unpaired) electrons. The first kappa shape index (κ1) is 13.1. The summed E-state index contributed by atoms with van der Waals surface area (Å²) in [4.78, 5) is 22.5. The van der Waals surface area contributed by atoms with Crippen molar-refractivity contribution in [2.24, 2.45) is 0 Å². The van der Waals surface area contributed by atoms with E-state index in [-0.39, 0.29) is 18.2 Å². The third-order valence-corrected chi connectivity index (χ3v) is 2.48. The second-order valence-corrected chi connectivity index (χ2v) is 3.93. The van der Waals surface area contributed by atoms with Crippen molar-refractivity contribution in [3.05, 3.63) is 39.9 Å². The number of carbonyl (C=O) groups is 1. The molecule has 0 amide bonds. The summed E-state index contributed by atoms with van der Waals surface area (Å²) in [6.07, 6.45) is -0.0369. The van der Waals surface area contributed by atoms with Gasteiger partial charge in [-0.1, -0.05) is 12.1 Å². The molecule has 0 aliphatic heterocycles. The molecule has 17 heavy (non-hydrogen) atoms. The summed E-state index contributed by atoms with van der Waals surface area (Å²) in [6, 6.07) is 5.66. The second-order valence-electron chi connectivity index (χ2n) is 3.93. The predicted molar refractivity (Wildman–Crippen MR) is 61.8 cm³/mol. The van der Waals surface area contributed by atoms with Crippen LogP contribution in [0.1, 0.15) is 18.0 Å². The molecule has 1 rings (SSSR count). The van der Waals surface area contributed by atoms with Crippen molar-refractivity contribution in [1.82, 2.24) is 4.90 Å². The maximum absolute atomic E-state index is 10.7. The van der Waals surface area contributed by atoms with Crippen LogP contribution in [0.25, 0.3) is 0 Å². The molecule has 1 N–H and O–H groups in total. The zero-order chi connectivity index (χ0) is 13.0. The number of nitro benzene ring substituents is 1. The van der Waals surface area contributed by atoms with Crippen LogP contribution in [0.2, 0.25) is 0 Å². The van der Waals surface area contributed by atoms with Crippen molar-refractivity contribution in [1.29, 1.82) is 0 Å². The third kappa shape index (κ3) is 3.53. The molecule has 92 valence electrons. The number of nitro groups is 1. The standard InChI is InChI=1S/C11H14N2O4/c1-12(2)10(7-11(14)15)8-3-5-9(6-4-8)13(16)17/h3-6,10H,7H2,1-2H3,(H,14,15). The van der Waals surface area contributed by atoms with Crippen LogP contribution in [-0.4, -0.2) is 35.0 Å². The Balaban J connectivity index is 2.95. The molecule has 0 fully saturated rings. The van der Waals surface area contributed by atoms with E-state index in [1.165, 1.54) is 12.1 Å². The lowest BCUT2D eigenvalue weighted by Gasteiger charge is -2.22. The number of hydrogen-bond acceptors (Lipinski definition) is 4. The fourth-order valence-electron chi connectivity index (χ4n) is 1.58. The summed E-state index contributed by atoms with van der Waals surface area (Å²) in [5.41, 5.74) is 0.754. The molecular weight excluding hydrogens is 224 g/mol. The monoisotopic (exact) mass is 238 g/mol. The zero-order valence-corrected chi connectivity index (χ0v) is 9.66. The van der Waals surface area contributed by atoms with Gasteiger partial charge in [0, 0.05) is 18.2 Å². The number of benzene rings is 1. The Bertz CT molecular complexity index is 414. The Labute approximate surface area is 98.6 Å². The van der Waals surface area contributed by atoms with Crippen molar-refractivity contribution in [3.63, 3.8) is 0 Å². The highest BCUT2D eigenvalue weighted by atomic mass is 16.6. The van der Waals surface area contributed by atoms with Crippen molar-refractivity contribution in [2.45, 2.75) is 12.5 Å². The topological polar surface area (TPSA) is 83.7 Å². The summed E-state index contributed by atoms with van der Waals surface area (Å²) in [5.74, 6) is -0.901. The van der Waals surface area contributed by atoms with Gasteiger partial charge in [0.15, 0.2) is 0 Å². The molecule has 0 bridgehead atoms. The molecule has 0 saturated carbocycles. The average molecular weight is 238 g/mol. The summed E-state index contributed by atoms with van der Waals surface area (Å²) in [6.45, 7) is 0. The van der Waals surface area contributed by atoms with E-state index in [0.717, 1.165) is 5.56 Å². The SMILES string of the molecule is CN(C)C(CC(=O)O)c1ccc([N+](=O)[O-])cc1. The first-order chi connectivity index (χ1) is 7.91. The normalized spacial score (nSPS) is 12.4. The van der Waals surface area contributed by atoms with Gasteiger partial charge >= 0.3 is 5.97 Å². The molecule has 1 aromatic carbocycles. The van der Waals surface area contributed by atoms with E-state index >= 15 is 0 Å². The summed E-state index contributed by atoms with van der Waals surface area (Å²) < 4.78 is 0. The van der Waals surface area contributed by atoms with Gasteiger partial charge < -0.3 is 10.0 Å². The molecule has 0 aliphatic carbocycles. The summed E-state index contributed by atoms with van der Waals surface area (Å²) in [5, 5.41) is 19.3. The van der Waals surface area contributed by atoms with Crippen molar-refractivity contribution in [3.8, 4) is 0 Å². The quantitative estimate of drug-likeness (QED) is 0.623. The Morgan fingerprint density at radius 1 is 1.41 bits per heavy atom. The van der Waals surface area contributed by atoms with Gasteiger partial charge in [0.05, 0.1) is 11.3 Å². The fourth-order valence-corrected chi connectivity index (χ4v) is 1.58. The number of rotatable bonds is 5. The highest BCUT2D eigenvalue weighted by Gasteiger charge is 2.18. The summed E-state index contributed by atoms with van der Waals surface area (Å²) in [7, 11) is 3.55. The molecule has 1 atom stereocenters. The van der Waals surface area contributed by atoms with E-state index in [9.17, 15) is 14.9 Å². The van der Waals surface area contributed by atoms with E-state index in [4.69, 9.17) is 5.11 Å². The van der Waals surface area contributed by atoms with Crippen LogP contribution in [0.3, 0.4) is 0 Å². The Morgan fingerprint density at radius 2 is 1.94 bits per heavy atom. The molecule has 0 heterocycles. The number of hydrogen-bond donors (Lipinski definition) is 1. The first-order valence-electron chi connectivity index (χ1n) is 5.04. The Kier molecular flexibility index (Phi) is 4.17. The van der Waals surface area contributed by atoms with Gasteiger partial charge in [0.25, 0.3) is 5.69 Å². The van der Waals surface area contributed by atoms with Gasteiger partial charge in [-0.15, -0.1) is 0 Å². The van der Waals surface area contributed by atoms with Gasteiger partial charge in [-0.3, -0.25) is 14.9 Å². The number of carboxylic acid groups (broad SMARTS) is 1. The highest BCUT2D eigenvalue weighted by Crippen LogP contribution is 2.24. The molecule has 0 aliphatic rings. The van der Waals surface area contributed by atoms with Crippen molar-refractivity contribution >= 4 is 11.7 Å². The zero-order valence-electron chi connectivity index (χ0n) is 9.66. The molecule has 6 nitrogen and oxygen atoms in total. The lowest BCUT2D eigenvalue weighted by molar-refractivity contribution is -0.384. The average Bonchev–Trinajstić information content (AvgIpc) is 2.25. The summed E-state index contributed by atoms with van der Waals surface area (Å²) >= 11 is 0. The molecule has 0 saturated heterocycles. The van der Waals surface area contributed by atoms with E-state index in [1.54, 1.807) is 31.1 Å². The van der Waals surface area contributed by atoms with Crippen LogP contribution in [0.4, 0.5) is 5.69 Å². The second kappa shape index (κ2) is 5.40. The van der Waals surface area contributed by atoms with Crippen molar-refractivity contribution < 1.29 is 14.8 Å². The highest BCUT2D eigenvalue weighted by molar-refractivity contribution is 5.68. The molecule has 1 aromatic rings. The minimum Gasteiger partial charge on any atom is -0.481 e. The van der Waals surface area contributed by atoms with Crippen LogP contribution in [0, 0.1) is 10.1 Å². The lowest BCUT2D eigenvalue weighted by Crippen LogP contribution is -2.22. The molecule has 6 heteroatoms.